The van der Waals surface area contributed by atoms with Crippen molar-refractivity contribution in [3.8, 4) is 0 Å². The molecule has 0 unspecified atom stereocenters. The van der Waals surface area contributed by atoms with Crippen LogP contribution in [0.2, 0.25) is 5.02 Å². The lowest BCUT2D eigenvalue weighted by molar-refractivity contribution is 0.529. The van der Waals surface area contributed by atoms with E-state index in [1.807, 2.05) is 37.2 Å². The Bertz CT molecular complexity index is 568. The molecule has 0 aliphatic heterocycles. The van der Waals surface area contributed by atoms with Crippen LogP contribution in [0.1, 0.15) is 23.8 Å². The summed E-state index contributed by atoms with van der Waals surface area (Å²) in [6.07, 6.45) is 3.57. The Morgan fingerprint density at radius 3 is 2.85 bits per heavy atom. The number of pyridine rings is 1. The lowest BCUT2D eigenvalue weighted by Gasteiger charge is -2.19. The summed E-state index contributed by atoms with van der Waals surface area (Å²) in [6, 6.07) is 3.94. The maximum Gasteiger partial charge on any atom is 0.147 e. The molecular formula is C15H20ClN3O. The standard InChI is InChI=1S/C15H20ClN3O/c1-4-17-8-12-7-14(16)15(18-9-12)19(3)10-13-5-6-20-11(13)2/h5-7,9,17H,4,8,10H2,1-3H3. The van der Waals surface area contributed by atoms with E-state index in [1.54, 1.807) is 6.26 Å². The normalized spacial score (nSPS) is 10.8. The highest BCUT2D eigenvalue weighted by molar-refractivity contribution is 6.33. The molecule has 0 spiro atoms. The number of hydrogen-bond donors (Lipinski definition) is 1. The van der Waals surface area contributed by atoms with Crippen LogP contribution in [-0.4, -0.2) is 18.6 Å². The van der Waals surface area contributed by atoms with Gasteiger partial charge < -0.3 is 14.6 Å². The average molecular weight is 294 g/mol. The van der Waals surface area contributed by atoms with Crippen LogP contribution in [0.4, 0.5) is 5.82 Å². The molecule has 0 saturated heterocycles. The summed E-state index contributed by atoms with van der Waals surface area (Å²) in [4.78, 5) is 6.49. The molecule has 4 nitrogen and oxygen atoms in total. The van der Waals surface area contributed by atoms with E-state index in [2.05, 4.69) is 17.2 Å². The SMILES string of the molecule is CCNCc1cnc(N(C)Cc2ccoc2C)c(Cl)c1. The first kappa shape index (κ1) is 14.9. The van der Waals surface area contributed by atoms with Gasteiger partial charge in [0.1, 0.15) is 11.6 Å². The lowest BCUT2D eigenvalue weighted by atomic mass is 10.2. The molecule has 108 valence electrons. The topological polar surface area (TPSA) is 41.3 Å². The maximum atomic E-state index is 6.33. The van der Waals surface area contributed by atoms with Crippen LogP contribution in [0.3, 0.4) is 0 Å². The second-order valence-corrected chi connectivity index (χ2v) is 5.19. The van der Waals surface area contributed by atoms with E-state index in [-0.39, 0.29) is 0 Å². The van der Waals surface area contributed by atoms with Gasteiger partial charge in [-0.25, -0.2) is 4.98 Å². The first-order valence-electron chi connectivity index (χ1n) is 6.71. The van der Waals surface area contributed by atoms with Crippen molar-refractivity contribution in [3.05, 3.63) is 46.5 Å². The number of halogens is 1. The Labute approximate surface area is 124 Å². The molecule has 2 aromatic rings. The van der Waals surface area contributed by atoms with E-state index in [0.717, 1.165) is 42.3 Å². The Morgan fingerprint density at radius 2 is 2.25 bits per heavy atom. The fourth-order valence-corrected chi connectivity index (χ4v) is 2.36. The van der Waals surface area contributed by atoms with Crippen LogP contribution in [0, 0.1) is 6.92 Å². The van der Waals surface area contributed by atoms with Gasteiger partial charge in [-0.05, 0) is 31.2 Å². The number of hydrogen-bond acceptors (Lipinski definition) is 4. The monoisotopic (exact) mass is 293 g/mol. The number of aromatic nitrogens is 1. The highest BCUT2D eigenvalue weighted by Gasteiger charge is 2.11. The van der Waals surface area contributed by atoms with E-state index < -0.39 is 0 Å². The zero-order chi connectivity index (χ0) is 14.5. The molecule has 0 radical (unpaired) electrons. The molecule has 0 atom stereocenters. The van der Waals surface area contributed by atoms with Gasteiger partial charge in [-0.2, -0.15) is 0 Å². The number of anilines is 1. The molecule has 0 aromatic carbocycles. The zero-order valence-electron chi connectivity index (χ0n) is 12.1. The summed E-state index contributed by atoms with van der Waals surface area (Å²) >= 11 is 6.33. The van der Waals surface area contributed by atoms with Crippen molar-refractivity contribution in [2.75, 3.05) is 18.5 Å². The van der Waals surface area contributed by atoms with Gasteiger partial charge in [0, 0.05) is 31.9 Å². The predicted molar refractivity (Wildman–Crippen MR) is 82.2 cm³/mol. The van der Waals surface area contributed by atoms with Crippen LogP contribution in [0.25, 0.3) is 0 Å². The molecule has 5 heteroatoms. The van der Waals surface area contributed by atoms with Crippen molar-refractivity contribution >= 4 is 17.4 Å². The zero-order valence-corrected chi connectivity index (χ0v) is 12.9. The van der Waals surface area contributed by atoms with Crippen molar-refractivity contribution in [3.63, 3.8) is 0 Å². The summed E-state index contributed by atoms with van der Waals surface area (Å²) < 4.78 is 5.31. The minimum Gasteiger partial charge on any atom is -0.469 e. The van der Waals surface area contributed by atoms with Gasteiger partial charge in [0.05, 0.1) is 11.3 Å². The minimum absolute atomic E-state index is 0.670. The summed E-state index contributed by atoms with van der Waals surface area (Å²) in [7, 11) is 1.98. The average Bonchev–Trinajstić information content (AvgIpc) is 2.82. The third-order valence-corrected chi connectivity index (χ3v) is 3.47. The molecule has 0 aliphatic carbocycles. The molecule has 0 aliphatic rings. The largest absolute Gasteiger partial charge is 0.469 e. The van der Waals surface area contributed by atoms with Crippen LogP contribution in [-0.2, 0) is 13.1 Å². The Balaban J connectivity index is 2.10. The molecule has 0 amide bonds. The van der Waals surface area contributed by atoms with Crippen molar-refractivity contribution in [1.29, 1.82) is 0 Å². The Kier molecular flexibility index (Phi) is 5.04. The number of nitrogens with zero attached hydrogens (tertiary/aromatic N) is 2. The molecule has 20 heavy (non-hydrogen) atoms. The number of rotatable bonds is 6. The van der Waals surface area contributed by atoms with Crippen LogP contribution in [0.15, 0.2) is 29.0 Å². The third-order valence-electron chi connectivity index (χ3n) is 3.19. The maximum absolute atomic E-state index is 6.33. The quantitative estimate of drug-likeness (QED) is 0.886. The number of nitrogens with one attached hydrogen (secondary N) is 1. The third kappa shape index (κ3) is 3.52. The molecular weight excluding hydrogens is 274 g/mol. The Hall–Kier alpha value is -1.52. The van der Waals surface area contributed by atoms with E-state index in [1.165, 1.54) is 0 Å². The van der Waals surface area contributed by atoms with E-state index in [9.17, 15) is 0 Å². The minimum atomic E-state index is 0.670. The van der Waals surface area contributed by atoms with Crippen molar-refractivity contribution < 1.29 is 4.42 Å². The van der Waals surface area contributed by atoms with E-state index in [4.69, 9.17) is 16.0 Å². The lowest BCUT2D eigenvalue weighted by Crippen LogP contribution is -2.19. The van der Waals surface area contributed by atoms with Gasteiger partial charge in [-0.1, -0.05) is 18.5 Å². The molecule has 0 bridgehead atoms. The molecule has 2 heterocycles. The molecule has 2 rings (SSSR count). The van der Waals surface area contributed by atoms with Crippen molar-refractivity contribution in [2.24, 2.45) is 0 Å². The van der Waals surface area contributed by atoms with Crippen LogP contribution < -0.4 is 10.2 Å². The predicted octanol–water partition coefficient (Wildman–Crippen LogP) is 3.38. The summed E-state index contributed by atoms with van der Waals surface area (Å²) in [6.45, 7) is 6.47. The summed E-state index contributed by atoms with van der Waals surface area (Å²) in [5, 5.41) is 3.93. The molecule has 2 aromatic heterocycles. The fourth-order valence-electron chi connectivity index (χ4n) is 2.02. The molecule has 1 N–H and O–H groups in total. The first-order valence-corrected chi connectivity index (χ1v) is 7.08. The second kappa shape index (κ2) is 6.77. The van der Waals surface area contributed by atoms with E-state index in [0.29, 0.717) is 5.02 Å². The fraction of sp³-hybridized carbons (Fsp3) is 0.400. The number of furan rings is 1. The molecule has 0 saturated carbocycles. The van der Waals surface area contributed by atoms with Gasteiger partial charge in [-0.15, -0.1) is 0 Å². The van der Waals surface area contributed by atoms with Crippen molar-refractivity contribution in [2.45, 2.75) is 26.9 Å². The van der Waals surface area contributed by atoms with E-state index >= 15 is 0 Å². The smallest absolute Gasteiger partial charge is 0.147 e. The van der Waals surface area contributed by atoms with Crippen molar-refractivity contribution in [1.82, 2.24) is 10.3 Å². The highest BCUT2D eigenvalue weighted by Crippen LogP contribution is 2.25. The van der Waals surface area contributed by atoms with Crippen LogP contribution in [0.5, 0.6) is 0 Å². The van der Waals surface area contributed by atoms with Gasteiger partial charge in [0.25, 0.3) is 0 Å². The first-order chi connectivity index (χ1) is 9.61. The summed E-state index contributed by atoms with van der Waals surface area (Å²) in [5.41, 5.74) is 2.23. The van der Waals surface area contributed by atoms with Gasteiger partial charge in [0.15, 0.2) is 0 Å². The van der Waals surface area contributed by atoms with Gasteiger partial charge in [0.2, 0.25) is 0 Å². The summed E-state index contributed by atoms with van der Waals surface area (Å²) in [5.74, 6) is 1.71. The Morgan fingerprint density at radius 1 is 1.45 bits per heavy atom. The number of aryl methyl sites for hydroxylation is 1. The van der Waals surface area contributed by atoms with Gasteiger partial charge >= 0.3 is 0 Å². The van der Waals surface area contributed by atoms with Gasteiger partial charge in [-0.3, -0.25) is 0 Å². The highest BCUT2D eigenvalue weighted by atomic mass is 35.5. The second-order valence-electron chi connectivity index (χ2n) is 4.79. The molecule has 0 fully saturated rings. The van der Waals surface area contributed by atoms with Crippen LogP contribution >= 0.6 is 11.6 Å².